The molecule has 0 radical (unpaired) electrons. The number of rotatable bonds is 2. The second kappa shape index (κ2) is 3.52. The third-order valence-corrected chi connectivity index (χ3v) is 1.86. The van der Waals surface area contributed by atoms with Crippen molar-refractivity contribution < 1.29 is 14.3 Å². The second-order valence-electron chi connectivity index (χ2n) is 2.91. The Morgan fingerprint density at radius 2 is 1.92 bits per heavy atom. The maximum absolute atomic E-state index is 11.0. The van der Waals surface area contributed by atoms with Crippen LogP contribution in [0.2, 0.25) is 0 Å². The monoisotopic (exact) mass is 168 g/mol. The fourth-order valence-corrected chi connectivity index (χ4v) is 1.37. The Bertz CT molecular complexity index is 250. The maximum atomic E-state index is 11.0. The van der Waals surface area contributed by atoms with E-state index in [0.29, 0.717) is 17.8 Å². The van der Waals surface area contributed by atoms with Gasteiger partial charge in [-0.05, 0) is 19.8 Å². The number of ether oxygens (including phenoxy) is 1. The molecule has 0 N–H and O–H groups in total. The SMILES string of the molecule is CC(=O)OC1=C(C(C)=O)CCC1. The molecule has 0 aromatic carbocycles. The van der Waals surface area contributed by atoms with Crippen LogP contribution >= 0.6 is 0 Å². The molecule has 66 valence electrons. The molecule has 3 nitrogen and oxygen atoms in total. The molecule has 1 aliphatic carbocycles. The first-order chi connectivity index (χ1) is 5.61. The largest absolute Gasteiger partial charge is 0.431 e. The summed E-state index contributed by atoms with van der Waals surface area (Å²) < 4.78 is 4.90. The van der Waals surface area contributed by atoms with Crippen molar-refractivity contribution in [1.82, 2.24) is 0 Å². The summed E-state index contributed by atoms with van der Waals surface area (Å²) in [5.74, 6) is 0.254. The van der Waals surface area contributed by atoms with E-state index in [1.165, 1.54) is 13.8 Å². The van der Waals surface area contributed by atoms with Gasteiger partial charge in [-0.25, -0.2) is 0 Å². The van der Waals surface area contributed by atoms with E-state index in [0.717, 1.165) is 12.8 Å². The topological polar surface area (TPSA) is 43.4 Å². The number of esters is 1. The summed E-state index contributed by atoms with van der Waals surface area (Å²) >= 11 is 0. The van der Waals surface area contributed by atoms with Crippen LogP contribution in [0.1, 0.15) is 33.1 Å². The lowest BCUT2D eigenvalue weighted by atomic mass is 10.1. The first-order valence-corrected chi connectivity index (χ1v) is 4.02. The summed E-state index contributed by atoms with van der Waals surface area (Å²) in [6.07, 6.45) is 2.38. The van der Waals surface area contributed by atoms with Gasteiger partial charge in [-0.1, -0.05) is 0 Å². The van der Waals surface area contributed by atoms with E-state index in [9.17, 15) is 9.59 Å². The molecule has 0 aromatic heterocycles. The van der Waals surface area contributed by atoms with E-state index in [4.69, 9.17) is 4.74 Å². The molecule has 3 heteroatoms. The molecular formula is C9H12O3. The van der Waals surface area contributed by atoms with Gasteiger partial charge in [-0.3, -0.25) is 9.59 Å². The van der Waals surface area contributed by atoms with Crippen molar-refractivity contribution in [2.24, 2.45) is 0 Å². The molecule has 1 aliphatic rings. The molecule has 0 aliphatic heterocycles. The molecule has 0 spiro atoms. The van der Waals surface area contributed by atoms with E-state index in [1.807, 2.05) is 0 Å². The predicted molar refractivity (Wildman–Crippen MR) is 43.3 cm³/mol. The van der Waals surface area contributed by atoms with Gasteiger partial charge >= 0.3 is 5.97 Å². The summed E-state index contributed by atoms with van der Waals surface area (Å²) in [5, 5.41) is 0. The number of hydrogen-bond acceptors (Lipinski definition) is 3. The molecule has 0 bridgehead atoms. The maximum Gasteiger partial charge on any atom is 0.307 e. The van der Waals surface area contributed by atoms with Crippen molar-refractivity contribution in [2.75, 3.05) is 0 Å². The van der Waals surface area contributed by atoms with Crippen molar-refractivity contribution >= 4 is 11.8 Å². The normalized spacial score (nSPS) is 16.5. The molecular weight excluding hydrogens is 156 g/mol. The van der Waals surface area contributed by atoms with Crippen LogP contribution in [0.4, 0.5) is 0 Å². The molecule has 0 aromatic rings. The lowest BCUT2D eigenvalue weighted by Crippen LogP contribution is -2.02. The highest BCUT2D eigenvalue weighted by atomic mass is 16.5. The Morgan fingerprint density at radius 3 is 2.42 bits per heavy atom. The number of carbonyl (C=O) groups is 2. The van der Waals surface area contributed by atoms with E-state index in [1.54, 1.807) is 0 Å². The summed E-state index contributed by atoms with van der Waals surface area (Å²) in [6.45, 7) is 2.85. The van der Waals surface area contributed by atoms with Crippen molar-refractivity contribution in [1.29, 1.82) is 0 Å². The fraction of sp³-hybridized carbons (Fsp3) is 0.556. The third-order valence-electron chi connectivity index (χ3n) is 1.86. The zero-order valence-electron chi connectivity index (χ0n) is 7.35. The summed E-state index contributed by atoms with van der Waals surface area (Å²) in [5.41, 5.74) is 0.685. The zero-order chi connectivity index (χ0) is 9.14. The van der Waals surface area contributed by atoms with Crippen LogP contribution in [0.3, 0.4) is 0 Å². The van der Waals surface area contributed by atoms with Crippen LogP contribution in [-0.4, -0.2) is 11.8 Å². The number of ketones is 1. The average Bonchev–Trinajstić information content (AvgIpc) is 2.33. The molecule has 0 saturated heterocycles. The molecule has 1 rings (SSSR count). The minimum absolute atomic E-state index is 0.0174. The van der Waals surface area contributed by atoms with Crippen molar-refractivity contribution in [3.8, 4) is 0 Å². The van der Waals surface area contributed by atoms with Crippen LogP contribution in [0, 0.1) is 0 Å². The van der Waals surface area contributed by atoms with Crippen LogP contribution in [-0.2, 0) is 14.3 Å². The van der Waals surface area contributed by atoms with E-state index in [2.05, 4.69) is 0 Å². The molecule has 0 atom stereocenters. The molecule has 0 heterocycles. The number of Topliss-reactive ketones (excluding diaryl/α,β-unsaturated/α-hetero) is 1. The van der Waals surface area contributed by atoms with Gasteiger partial charge in [0.25, 0.3) is 0 Å². The fourth-order valence-electron chi connectivity index (χ4n) is 1.37. The lowest BCUT2D eigenvalue weighted by Gasteiger charge is -2.02. The standard InChI is InChI=1S/C9H12O3/c1-6(10)8-4-3-5-9(8)12-7(2)11/h3-5H2,1-2H3. The zero-order valence-corrected chi connectivity index (χ0v) is 7.35. The van der Waals surface area contributed by atoms with Gasteiger partial charge in [-0.2, -0.15) is 0 Å². The minimum atomic E-state index is -0.342. The van der Waals surface area contributed by atoms with Gasteiger partial charge in [0.1, 0.15) is 5.76 Å². The van der Waals surface area contributed by atoms with E-state index < -0.39 is 0 Å². The van der Waals surface area contributed by atoms with E-state index in [-0.39, 0.29) is 11.8 Å². The third kappa shape index (κ3) is 1.94. The Kier molecular flexibility index (Phi) is 2.63. The van der Waals surface area contributed by atoms with Gasteiger partial charge < -0.3 is 4.74 Å². The quantitative estimate of drug-likeness (QED) is 0.588. The van der Waals surface area contributed by atoms with Gasteiger partial charge in [0.05, 0.1) is 0 Å². The van der Waals surface area contributed by atoms with Crippen LogP contribution in [0.25, 0.3) is 0 Å². The highest BCUT2D eigenvalue weighted by Gasteiger charge is 2.20. The molecule has 0 saturated carbocycles. The van der Waals surface area contributed by atoms with Crippen LogP contribution in [0.5, 0.6) is 0 Å². The van der Waals surface area contributed by atoms with Crippen molar-refractivity contribution in [2.45, 2.75) is 33.1 Å². The Balaban J connectivity index is 2.76. The van der Waals surface area contributed by atoms with Gasteiger partial charge in [0, 0.05) is 18.9 Å². The van der Waals surface area contributed by atoms with E-state index >= 15 is 0 Å². The molecule has 12 heavy (non-hydrogen) atoms. The first-order valence-electron chi connectivity index (χ1n) is 4.02. The lowest BCUT2D eigenvalue weighted by molar-refractivity contribution is -0.137. The molecule has 0 fully saturated rings. The smallest absolute Gasteiger partial charge is 0.307 e. The Labute approximate surface area is 71.4 Å². The number of hydrogen-bond donors (Lipinski definition) is 0. The summed E-state index contributed by atoms with van der Waals surface area (Å²) in [6, 6.07) is 0. The number of allylic oxidation sites excluding steroid dienone is 2. The molecule has 0 amide bonds. The second-order valence-corrected chi connectivity index (χ2v) is 2.91. The van der Waals surface area contributed by atoms with Crippen molar-refractivity contribution in [3.05, 3.63) is 11.3 Å². The van der Waals surface area contributed by atoms with Gasteiger partial charge in [0.15, 0.2) is 5.78 Å². The summed E-state index contributed by atoms with van der Waals surface area (Å²) in [7, 11) is 0. The highest BCUT2D eigenvalue weighted by molar-refractivity contribution is 5.94. The highest BCUT2D eigenvalue weighted by Crippen LogP contribution is 2.27. The first kappa shape index (κ1) is 8.97. The Morgan fingerprint density at radius 1 is 1.25 bits per heavy atom. The van der Waals surface area contributed by atoms with Gasteiger partial charge in [0.2, 0.25) is 0 Å². The minimum Gasteiger partial charge on any atom is -0.431 e. The number of carbonyl (C=O) groups excluding carboxylic acids is 2. The predicted octanol–water partition coefficient (Wildman–Crippen LogP) is 1.58. The van der Waals surface area contributed by atoms with Crippen LogP contribution < -0.4 is 0 Å². The molecule has 0 unspecified atom stereocenters. The Hall–Kier alpha value is -1.12. The van der Waals surface area contributed by atoms with Crippen molar-refractivity contribution in [3.63, 3.8) is 0 Å². The van der Waals surface area contributed by atoms with Gasteiger partial charge in [-0.15, -0.1) is 0 Å². The van der Waals surface area contributed by atoms with Crippen LogP contribution in [0.15, 0.2) is 11.3 Å². The average molecular weight is 168 g/mol. The summed E-state index contributed by atoms with van der Waals surface area (Å²) in [4.78, 5) is 21.6.